The molecular weight excluding hydrogens is 284 g/mol. The first-order chi connectivity index (χ1) is 10.2. The molecule has 1 aliphatic heterocycles. The van der Waals surface area contributed by atoms with Crippen LogP contribution in [0.1, 0.15) is 28.1 Å². The number of hydrogen-bond donors (Lipinski definition) is 1. The highest BCUT2D eigenvalue weighted by Crippen LogP contribution is 2.35. The molecule has 5 heteroatoms. The first-order valence-electron chi connectivity index (χ1n) is 7.24. The van der Waals surface area contributed by atoms with E-state index in [4.69, 9.17) is 10.5 Å². The minimum Gasteiger partial charge on any atom is -0.497 e. The maximum Gasteiger partial charge on any atom is 0.264 e. The first-order valence-corrected chi connectivity index (χ1v) is 8.05. The van der Waals surface area contributed by atoms with Crippen LogP contribution in [0.2, 0.25) is 0 Å². The number of nitrogens with zero attached hydrogens (tertiary/aromatic N) is 1. The molecule has 2 heterocycles. The average molecular weight is 304 g/mol. The molecule has 1 amide bonds. The van der Waals surface area contributed by atoms with Crippen molar-refractivity contribution < 1.29 is 9.53 Å². The van der Waals surface area contributed by atoms with E-state index < -0.39 is 0 Å². The second kappa shape index (κ2) is 5.66. The molecule has 1 aliphatic rings. The van der Waals surface area contributed by atoms with Gasteiger partial charge in [-0.25, -0.2) is 0 Å². The van der Waals surface area contributed by atoms with E-state index in [1.165, 1.54) is 0 Å². The molecule has 0 bridgehead atoms. The van der Waals surface area contributed by atoms with Crippen LogP contribution in [-0.4, -0.2) is 37.0 Å². The van der Waals surface area contributed by atoms with Gasteiger partial charge in [0.05, 0.1) is 12.0 Å². The SMILES string of the molecule is COc1ccc2sc(C(=O)N3CCC[C@H]3CN)c(C)c2c1. The molecule has 1 atom stereocenters. The number of carbonyl (C=O) groups excluding carboxylic acids is 1. The van der Waals surface area contributed by atoms with Crippen LogP contribution in [0.25, 0.3) is 10.1 Å². The van der Waals surface area contributed by atoms with Crippen LogP contribution in [0.4, 0.5) is 0 Å². The van der Waals surface area contributed by atoms with Crippen molar-refractivity contribution in [1.29, 1.82) is 0 Å². The van der Waals surface area contributed by atoms with Crippen molar-refractivity contribution in [2.75, 3.05) is 20.2 Å². The number of nitrogens with two attached hydrogens (primary N) is 1. The van der Waals surface area contributed by atoms with Gasteiger partial charge in [-0.3, -0.25) is 4.79 Å². The summed E-state index contributed by atoms with van der Waals surface area (Å²) in [5, 5.41) is 1.10. The van der Waals surface area contributed by atoms with Gasteiger partial charge in [0.25, 0.3) is 5.91 Å². The Labute approximate surface area is 128 Å². The average Bonchev–Trinajstić information content (AvgIpc) is 3.11. The Hall–Kier alpha value is -1.59. The molecule has 0 saturated carbocycles. The van der Waals surface area contributed by atoms with Crippen molar-refractivity contribution in [2.24, 2.45) is 5.73 Å². The normalized spacial score (nSPS) is 18.4. The van der Waals surface area contributed by atoms with Gasteiger partial charge in [-0.1, -0.05) is 0 Å². The Kier molecular flexibility index (Phi) is 3.87. The molecule has 1 aromatic heterocycles. The number of benzene rings is 1. The van der Waals surface area contributed by atoms with Gasteiger partial charge < -0.3 is 15.4 Å². The molecule has 0 spiro atoms. The summed E-state index contributed by atoms with van der Waals surface area (Å²) in [5.74, 6) is 0.948. The van der Waals surface area contributed by atoms with Crippen LogP contribution < -0.4 is 10.5 Å². The predicted octanol–water partition coefficient (Wildman–Crippen LogP) is 2.78. The molecule has 1 aromatic carbocycles. The molecule has 0 aliphatic carbocycles. The molecule has 112 valence electrons. The molecule has 0 unspecified atom stereocenters. The summed E-state index contributed by atoms with van der Waals surface area (Å²) in [6, 6.07) is 6.15. The van der Waals surface area contributed by atoms with Crippen LogP contribution in [0, 0.1) is 6.92 Å². The van der Waals surface area contributed by atoms with Gasteiger partial charge in [0.15, 0.2) is 0 Å². The third kappa shape index (κ3) is 2.40. The standard InChI is InChI=1S/C16H20N2O2S/c1-10-13-8-12(20-2)5-6-14(13)21-15(10)16(19)18-7-3-4-11(18)9-17/h5-6,8,11H,3-4,7,9,17H2,1-2H3/t11-/m0/s1. The fourth-order valence-electron chi connectivity index (χ4n) is 3.01. The number of aryl methyl sites for hydroxylation is 1. The van der Waals surface area contributed by atoms with Gasteiger partial charge in [-0.05, 0) is 48.9 Å². The Morgan fingerprint density at radius 2 is 2.33 bits per heavy atom. The van der Waals surface area contributed by atoms with E-state index in [0.29, 0.717) is 6.54 Å². The summed E-state index contributed by atoms with van der Waals surface area (Å²) in [6.07, 6.45) is 2.06. The van der Waals surface area contributed by atoms with E-state index in [-0.39, 0.29) is 11.9 Å². The van der Waals surface area contributed by atoms with Gasteiger partial charge in [-0.15, -0.1) is 11.3 Å². The van der Waals surface area contributed by atoms with Crippen molar-refractivity contribution in [1.82, 2.24) is 4.90 Å². The number of amides is 1. The molecule has 1 fully saturated rings. The highest BCUT2D eigenvalue weighted by atomic mass is 32.1. The lowest BCUT2D eigenvalue weighted by atomic mass is 10.1. The summed E-state index contributed by atoms with van der Waals surface area (Å²) in [5.41, 5.74) is 6.83. The van der Waals surface area contributed by atoms with Crippen molar-refractivity contribution >= 4 is 27.3 Å². The second-order valence-electron chi connectivity index (χ2n) is 5.45. The zero-order valence-corrected chi connectivity index (χ0v) is 13.2. The number of hydrogen-bond acceptors (Lipinski definition) is 4. The minimum absolute atomic E-state index is 0.126. The zero-order chi connectivity index (χ0) is 15.0. The van der Waals surface area contributed by atoms with Gasteiger partial charge >= 0.3 is 0 Å². The molecule has 2 N–H and O–H groups in total. The van der Waals surface area contributed by atoms with E-state index in [0.717, 1.165) is 45.7 Å². The lowest BCUT2D eigenvalue weighted by Gasteiger charge is -2.23. The highest BCUT2D eigenvalue weighted by molar-refractivity contribution is 7.21. The molecular formula is C16H20N2O2S. The van der Waals surface area contributed by atoms with Gasteiger partial charge in [-0.2, -0.15) is 0 Å². The van der Waals surface area contributed by atoms with Crippen LogP contribution in [0.5, 0.6) is 5.75 Å². The maximum atomic E-state index is 12.8. The number of ether oxygens (including phenoxy) is 1. The monoisotopic (exact) mass is 304 g/mol. The molecule has 4 nitrogen and oxygen atoms in total. The van der Waals surface area contributed by atoms with Crippen molar-refractivity contribution in [3.05, 3.63) is 28.6 Å². The third-order valence-corrected chi connectivity index (χ3v) is 5.51. The summed E-state index contributed by atoms with van der Waals surface area (Å²) in [7, 11) is 1.66. The lowest BCUT2D eigenvalue weighted by molar-refractivity contribution is 0.0745. The smallest absolute Gasteiger partial charge is 0.264 e. The Balaban J connectivity index is 2.00. The van der Waals surface area contributed by atoms with E-state index in [2.05, 4.69) is 0 Å². The van der Waals surface area contributed by atoms with Gasteiger partial charge in [0, 0.05) is 23.8 Å². The van der Waals surface area contributed by atoms with Crippen LogP contribution in [0.15, 0.2) is 18.2 Å². The maximum absolute atomic E-state index is 12.8. The van der Waals surface area contributed by atoms with E-state index >= 15 is 0 Å². The summed E-state index contributed by atoms with van der Waals surface area (Å²) >= 11 is 1.56. The fourth-order valence-corrected chi connectivity index (χ4v) is 4.16. The number of rotatable bonds is 3. The highest BCUT2D eigenvalue weighted by Gasteiger charge is 2.30. The van der Waals surface area contributed by atoms with E-state index in [1.807, 2.05) is 30.0 Å². The fraction of sp³-hybridized carbons (Fsp3) is 0.438. The Morgan fingerprint density at radius 3 is 3.05 bits per heavy atom. The Morgan fingerprint density at radius 1 is 1.52 bits per heavy atom. The largest absolute Gasteiger partial charge is 0.497 e. The first kappa shape index (κ1) is 14.4. The van der Waals surface area contributed by atoms with E-state index in [1.54, 1.807) is 18.4 Å². The van der Waals surface area contributed by atoms with Crippen LogP contribution in [0.3, 0.4) is 0 Å². The molecule has 3 rings (SSSR count). The molecule has 0 radical (unpaired) electrons. The van der Waals surface area contributed by atoms with Crippen molar-refractivity contribution in [3.8, 4) is 5.75 Å². The second-order valence-corrected chi connectivity index (χ2v) is 6.50. The minimum atomic E-state index is 0.126. The van der Waals surface area contributed by atoms with E-state index in [9.17, 15) is 4.79 Å². The molecule has 21 heavy (non-hydrogen) atoms. The zero-order valence-electron chi connectivity index (χ0n) is 12.4. The summed E-state index contributed by atoms with van der Waals surface area (Å²) in [4.78, 5) is 15.6. The van der Waals surface area contributed by atoms with Crippen LogP contribution >= 0.6 is 11.3 Å². The van der Waals surface area contributed by atoms with Gasteiger partial charge in [0.1, 0.15) is 5.75 Å². The van der Waals surface area contributed by atoms with Crippen molar-refractivity contribution in [3.63, 3.8) is 0 Å². The summed E-state index contributed by atoms with van der Waals surface area (Å²) in [6.45, 7) is 3.38. The molecule has 2 aromatic rings. The molecule has 1 saturated heterocycles. The Bertz CT molecular complexity index is 680. The number of carbonyl (C=O) groups is 1. The van der Waals surface area contributed by atoms with Crippen molar-refractivity contribution in [2.45, 2.75) is 25.8 Å². The third-order valence-electron chi connectivity index (χ3n) is 4.25. The van der Waals surface area contributed by atoms with Gasteiger partial charge in [0.2, 0.25) is 0 Å². The van der Waals surface area contributed by atoms with Crippen LogP contribution in [-0.2, 0) is 0 Å². The lowest BCUT2D eigenvalue weighted by Crippen LogP contribution is -2.39. The number of methoxy groups -OCH3 is 1. The topological polar surface area (TPSA) is 55.6 Å². The number of thiophene rings is 1. The quantitative estimate of drug-likeness (QED) is 0.948. The number of fused-ring (bicyclic) bond motifs is 1. The predicted molar refractivity (Wildman–Crippen MR) is 86.2 cm³/mol. The summed E-state index contributed by atoms with van der Waals surface area (Å²) < 4.78 is 6.40. The number of likely N-dealkylation sites (tertiary alicyclic amines) is 1.